The monoisotopic (exact) mass is 361 g/mol. The first kappa shape index (κ1) is 17.9. The number of amides is 1. The van der Waals surface area contributed by atoms with E-state index in [9.17, 15) is 9.59 Å². The van der Waals surface area contributed by atoms with Crippen LogP contribution < -0.4 is 5.32 Å². The molecular weight excluding hydrogens is 338 g/mol. The maximum atomic E-state index is 12.4. The van der Waals surface area contributed by atoms with E-state index in [4.69, 9.17) is 11.6 Å². The molecule has 3 rings (SSSR count). The molecule has 1 N–H and O–H groups in total. The lowest BCUT2D eigenvalue weighted by atomic mass is 9.78. The van der Waals surface area contributed by atoms with Gasteiger partial charge in [0.25, 0.3) is 0 Å². The van der Waals surface area contributed by atoms with Gasteiger partial charge in [-0.3, -0.25) is 9.59 Å². The van der Waals surface area contributed by atoms with Crippen LogP contribution in [0.15, 0.2) is 24.4 Å². The Morgan fingerprint density at radius 2 is 2.08 bits per heavy atom. The minimum atomic E-state index is -0.183. The molecule has 25 heavy (non-hydrogen) atoms. The third-order valence-electron chi connectivity index (χ3n) is 5.39. The van der Waals surface area contributed by atoms with Gasteiger partial charge in [-0.25, -0.2) is 4.68 Å². The number of benzene rings is 1. The van der Waals surface area contributed by atoms with E-state index in [1.54, 1.807) is 24.4 Å². The molecule has 1 saturated carbocycles. The first-order chi connectivity index (χ1) is 12.0. The summed E-state index contributed by atoms with van der Waals surface area (Å²) in [5.41, 5.74) is 0.713. The van der Waals surface area contributed by atoms with Crippen molar-refractivity contribution in [2.24, 2.45) is 11.8 Å². The number of carbonyl (C=O) groups is 2. The molecule has 0 saturated heterocycles. The summed E-state index contributed by atoms with van der Waals surface area (Å²) in [7, 11) is 0. The molecule has 1 heterocycles. The highest BCUT2D eigenvalue weighted by molar-refractivity contribution is 6.31. The number of nitrogens with zero attached hydrogens (tertiary/aromatic N) is 2. The lowest BCUT2D eigenvalue weighted by Gasteiger charge is -2.34. The number of halogens is 1. The van der Waals surface area contributed by atoms with Crippen LogP contribution in [0.25, 0.3) is 10.9 Å². The third kappa shape index (κ3) is 4.03. The SMILES string of the molecule is C[C@@H]1[C@H](C)CCC[C@@H]1NC(=O)CCC(=O)n1ncc2cc(Cl)ccc21. The van der Waals surface area contributed by atoms with Crippen molar-refractivity contribution in [2.45, 2.75) is 52.0 Å². The van der Waals surface area contributed by atoms with Crippen LogP contribution in [0, 0.1) is 11.8 Å². The molecule has 0 bridgehead atoms. The van der Waals surface area contributed by atoms with Gasteiger partial charge < -0.3 is 5.32 Å². The second-order valence-electron chi connectivity index (χ2n) is 7.09. The van der Waals surface area contributed by atoms with E-state index < -0.39 is 0 Å². The Morgan fingerprint density at radius 1 is 1.28 bits per heavy atom. The Balaban J connectivity index is 1.57. The summed E-state index contributed by atoms with van der Waals surface area (Å²) in [5, 5.41) is 8.66. The summed E-state index contributed by atoms with van der Waals surface area (Å²) in [6, 6.07) is 5.49. The summed E-state index contributed by atoms with van der Waals surface area (Å²) >= 11 is 5.95. The third-order valence-corrected chi connectivity index (χ3v) is 5.62. The van der Waals surface area contributed by atoms with Crippen LogP contribution in [0.2, 0.25) is 5.02 Å². The van der Waals surface area contributed by atoms with E-state index in [1.165, 1.54) is 11.1 Å². The molecule has 5 nitrogen and oxygen atoms in total. The van der Waals surface area contributed by atoms with E-state index in [1.807, 2.05) is 0 Å². The van der Waals surface area contributed by atoms with Gasteiger partial charge in [-0.2, -0.15) is 5.10 Å². The van der Waals surface area contributed by atoms with E-state index >= 15 is 0 Å². The Hall–Kier alpha value is -1.88. The molecule has 3 atom stereocenters. The van der Waals surface area contributed by atoms with Gasteiger partial charge >= 0.3 is 0 Å². The van der Waals surface area contributed by atoms with E-state index in [0.29, 0.717) is 22.4 Å². The fourth-order valence-corrected chi connectivity index (χ4v) is 3.77. The molecule has 0 aliphatic heterocycles. The molecule has 1 aliphatic rings. The number of carbonyl (C=O) groups excluding carboxylic acids is 2. The second-order valence-corrected chi connectivity index (χ2v) is 7.53. The second kappa shape index (κ2) is 7.56. The smallest absolute Gasteiger partial charge is 0.247 e. The quantitative estimate of drug-likeness (QED) is 0.893. The highest BCUT2D eigenvalue weighted by Crippen LogP contribution is 2.29. The fourth-order valence-electron chi connectivity index (χ4n) is 3.59. The van der Waals surface area contributed by atoms with E-state index in [0.717, 1.165) is 18.2 Å². The van der Waals surface area contributed by atoms with Gasteiger partial charge in [0.15, 0.2) is 0 Å². The summed E-state index contributed by atoms with van der Waals surface area (Å²) in [4.78, 5) is 24.6. The first-order valence-corrected chi connectivity index (χ1v) is 9.29. The standard InChI is InChI=1S/C19H24ClN3O2/c1-12-4-3-5-16(13(12)2)22-18(24)8-9-19(25)23-17-7-6-15(20)10-14(17)11-21-23/h6-7,10-13,16H,3-5,8-9H2,1-2H3,(H,22,24)/t12-,13-,16+/m1/s1. The van der Waals surface area contributed by atoms with Gasteiger partial charge in [0, 0.05) is 29.3 Å². The van der Waals surface area contributed by atoms with Crippen LogP contribution in [0.3, 0.4) is 0 Å². The summed E-state index contributed by atoms with van der Waals surface area (Å²) in [5.74, 6) is 0.868. The zero-order chi connectivity index (χ0) is 18.0. The number of aromatic nitrogens is 2. The van der Waals surface area contributed by atoms with Crippen molar-refractivity contribution in [2.75, 3.05) is 0 Å². The molecule has 1 fully saturated rings. The first-order valence-electron chi connectivity index (χ1n) is 8.91. The van der Waals surface area contributed by atoms with Crippen LogP contribution in [-0.2, 0) is 4.79 Å². The lowest BCUT2D eigenvalue weighted by molar-refractivity contribution is -0.122. The number of hydrogen-bond donors (Lipinski definition) is 1. The van der Waals surface area contributed by atoms with Gasteiger partial charge in [0.1, 0.15) is 0 Å². The highest BCUT2D eigenvalue weighted by atomic mass is 35.5. The fraction of sp³-hybridized carbons (Fsp3) is 0.526. The van der Waals surface area contributed by atoms with Gasteiger partial charge in [-0.1, -0.05) is 38.3 Å². The van der Waals surface area contributed by atoms with Crippen LogP contribution in [-0.4, -0.2) is 27.6 Å². The van der Waals surface area contributed by atoms with Gasteiger partial charge in [-0.15, -0.1) is 0 Å². The largest absolute Gasteiger partial charge is 0.353 e. The van der Waals surface area contributed by atoms with Crippen molar-refractivity contribution in [3.8, 4) is 0 Å². The predicted octanol–water partition coefficient (Wildman–Crippen LogP) is 4.05. The summed E-state index contributed by atoms with van der Waals surface area (Å²) in [6.45, 7) is 4.43. The minimum absolute atomic E-state index is 0.0567. The average Bonchev–Trinajstić information content (AvgIpc) is 3.00. The summed E-state index contributed by atoms with van der Waals surface area (Å²) < 4.78 is 1.35. The van der Waals surface area contributed by atoms with Gasteiger partial charge in [0.2, 0.25) is 11.8 Å². The Morgan fingerprint density at radius 3 is 2.88 bits per heavy atom. The minimum Gasteiger partial charge on any atom is -0.353 e. The topological polar surface area (TPSA) is 64.0 Å². The van der Waals surface area contributed by atoms with Crippen molar-refractivity contribution in [3.05, 3.63) is 29.4 Å². The normalized spacial score (nSPS) is 23.6. The van der Waals surface area contributed by atoms with Gasteiger partial charge in [0.05, 0.1) is 11.7 Å². The van der Waals surface area contributed by atoms with Crippen LogP contribution >= 0.6 is 11.6 Å². The number of hydrogen-bond acceptors (Lipinski definition) is 3. The van der Waals surface area contributed by atoms with Crippen LogP contribution in [0.4, 0.5) is 0 Å². The molecule has 1 aliphatic carbocycles. The molecule has 0 spiro atoms. The van der Waals surface area contributed by atoms with E-state index in [-0.39, 0.29) is 30.7 Å². The van der Waals surface area contributed by atoms with Crippen molar-refractivity contribution < 1.29 is 9.59 Å². The number of nitrogens with one attached hydrogen (secondary N) is 1. The Bertz CT molecular complexity index is 786. The molecular formula is C19H24ClN3O2. The maximum Gasteiger partial charge on any atom is 0.247 e. The van der Waals surface area contributed by atoms with E-state index in [2.05, 4.69) is 24.3 Å². The molecule has 134 valence electrons. The molecule has 1 aromatic carbocycles. The molecule has 2 aromatic rings. The molecule has 1 aromatic heterocycles. The maximum absolute atomic E-state index is 12.4. The van der Waals surface area contributed by atoms with Crippen molar-refractivity contribution in [1.29, 1.82) is 0 Å². The van der Waals surface area contributed by atoms with Crippen molar-refractivity contribution >= 4 is 34.3 Å². The van der Waals surface area contributed by atoms with Crippen molar-refractivity contribution in [1.82, 2.24) is 15.1 Å². The number of fused-ring (bicyclic) bond motifs is 1. The zero-order valence-electron chi connectivity index (χ0n) is 14.7. The molecule has 0 unspecified atom stereocenters. The lowest BCUT2D eigenvalue weighted by Crippen LogP contribution is -2.43. The van der Waals surface area contributed by atoms with Crippen molar-refractivity contribution in [3.63, 3.8) is 0 Å². The molecule has 1 amide bonds. The Kier molecular flexibility index (Phi) is 5.42. The molecule has 0 radical (unpaired) electrons. The molecule has 6 heteroatoms. The highest BCUT2D eigenvalue weighted by Gasteiger charge is 2.28. The van der Waals surface area contributed by atoms with Crippen LogP contribution in [0.5, 0.6) is 0 Å². The van der Waals surface area contributed by atoms with Crippen LogP contribution in [0.1, 0.15) is 50.7 Å². The number of rotatable bonds is 4. The Labute approximate surface area is 152 Å². The average molecular weight is 362 g/mol. The predicted molar refractivity (Wildman–Crippen MR) is 98.7 cm³/mol. The van der Waals surface area contributed by atoms with Gasteiger partial charge in [-0.05, 0) is 36.5 Å². The summed E-state index contributed by atoms with van der Waals surface area (Å²) in [6.07, 6.45) is 5.34. The zero-order valence-corrected chi connectivity index (χ0v) is 15.4.